The van der Waals surface area contributed by atoms with Gasteiger partial charge >= 0.3 is 0 Å². The van der Waals surface area contributed by atoms with Crippen molar-refractivity contribution in [3.63, 3.8) is 0 Å². The van der Waals surface area contributed by atoms with Gasteiger partial charge in [-0.25, -0.2) is 4.39 Å². The van der Waals surface area contributed by atoms with Crippen molar-refractivity contribution in [1.29, 1.82) is 0 Å². The Morgan fingerprint density at radius 1 is 1.33 bits per heavy atom. The second-order valence-corrected chi connectivity index (χ2v) is 7.15. The number of amides is 1. The Hall–Kier alpha value is -1.99. The maximum Gasteiger partial charge on any atom is 0.227 e. The third-order valence-corrected chi connectivity index (χ3v) is 5.39. The highest BCUT2D eigenvalue weighted by atomic mass is 35.5. The summed E-state index contributed by atoms with van der Waals surface area (Å²) in [5.41, 5.74) is 1.15. The fourth-order valence-corrected chi connectivity index (χ4v) is 3.94. The van der Waals surface area contributed by atoms with Crippen molar-refractivity contribution < 1.29 is 13.7 Å². The van der Waals surface area contributed by atoms with Crippen molar-refractivity contribution in [2.24, 2.45) is 0 Å². The van der Waals surface area contributed by atoms with E-state index >= 15 is 0 Å². The fourth-order valence-electron chi connectivity index (χ4n) is 3.94. The van der Waals surface area contributed by atoms with Gasteiger partial charge in [-0.05, 0) is 44.4 Å². The van der Waals surface area contributed by atoms with Crippen LogP contribution in [0.2, 0.25) is 0 Å². The van der Waals surface area contributed by atoms with Crippen molar-refractivity contribution in [2.45, 2.75) is 51.1 Å². The molecule has 2 aromatic rings. The Labute approximate surface area is 163 Å². The predicted octanol–water partition coefficient (Wildman–Crippen LogP) is 2.89. The average molecular weight is 395 g/mol. The van der Waals surface area contributed by atoms with E-state index in [2.05, 4.69) is 20.4 Å². The van der Waals surface area contributed by atoms with Crippen molar-refractivity contribution in [2.75, 3.05) is 13.1 Å². The highest BCUT2D eigenvalue weighted by Crippen LogP contribution is 2.29. The van der Waals surface area contributed by atoms with Crippen LogP contribution in [0.5, 0.6) is 0 Å². The Balaban J connectivity index is 0.00000210. The van der Waals surface area contributed by atoms with Gasteiger partial charge < -0.3 is 14.7 Å². The number of carbonyl (C=O) groups excluding carboxylic acids is 1. The molecule has 2 bridgehead atoms. The predicted molar refractivity (Wildman–Crippen MR) is 101 cm³/mol. The molecule has 3 heterocycles. The molecular weight excluding hydrogens is 371 g/mol. The number of hydrogen-bond acceptors (Lipinski definition) is 5. The van der Waals surface area contributed by atoms with Crippen molar-refractivity contribution in [1.82, 2.24) is 20.4 Å². The molecule has 0 radical (unpaired) electrons. The second-order valence-electron chi connectivity index (χ2n) is 7.15. The van der Waals surface area contributed by atoms with E-state index in [1.807, 2.05) is 0 Å². The summed E-state index contributed by atoms with van der Waals surface area (Å²) in [5.74, 6) is 0.622. The molecule has 2 aliphatic rings. The quantitative estimate of drug-likeness (QED) is 0.863. The molecule has 2 unspecified atom stereocenters. The van der Waals surface area contributed by atoms with Crippen molar-refractivity contribution in [3.8, 4) is 11.4 Å². The van der Waals surface area contributed by atoms with Crippen LogP contribution in [0.4, 0.5) is 4.39 Å². The van der Waals surface area contributed by atoms with Gasteiger partial charge in [0.15, 0.2) is 0 Å². The summed E-state index contributed by atoms with van der Waals surface area (Å²) in [6.45, 7) is 3.56. The van der Waals surface area contributed by atoms with E-state index in [1.165, 1.54) is 6.07 Å². The van der Waals surface area contributed by atoms with Crippen LogP contribution in [0.25, 0.3) is 11.4 Å². The van der Waals surface area contributed by atoms with Crippen LogP contribution in [0, 0.1) is 12.7 Å². The number of benzene rings is 1. The molecule has 27 heavy (non-hydrogen) atoms. The number of nitrogens with one attached hydrogen (secondary N) is 1. The van der Waals surface area contributed by atoms with Gasteiger partial charge in [0, 0.05) is 37.0 Å². The third-order valence-electron chi connectivity index (χ3n) is 5.39. The Kier molecular flexibility index (Phi) is 6.11. The summed E-state index contributed by atoms with van der Waals surface area (Å²) in [6.07, 6.45) is 3.96. The van der Waals surface area contributed by atoms with Crippen LogP contribution < -0.4 is 5.32 Å². The summed E-state index contributed by atoms with van der Waals surface area (Å²) >= 11 is 0. The first-order valence-corrected chi connectivity index (χ1v) is 9.23. The smallest absolute Gasteiger partial charge is 0.227 e. The molecule has 146 valence electrons. The highest BCUT2D eigenvalue weighted by molar-refractivity contribution is 5.85. The van der Waals surface area contributed by atoms with Gasteiger partial charge in [-0.2, -0.15) is 4.98 Å². The number of fused-ring (bicyclic) bond motifs is 2. The molecular formula is C19H24ClFN4O2. The summed E-state index contributed by atoms with van der Waals surface area (Å²) in [7, 11) is 0. The lowest BCUT2D eigenvalue weighted by Crippen LogP contribution is -2.42. The maximum absolute atomic E-state index is 13.7. The van der Waals surface area contributed by atoms with Crippen LogP contribution in [0.15, 0.2) is 22.7 Å². The number of aryl methyl sites for hydroxylation is 2. The lowest BCUT2D eigenvalue weighted by molar-refractivity contribution is -0.133. The van der Waals surface area contributed by atoms with E-state index in [1.54, 1.807) is 19.1 Å². The molecule has 1 aromatic heterocycles. The molecule has 2 aliphatic heterocycles. The maximum atomic E-state index is 13.7. The first kappa shape index (κ1) is 19.8. The monoisotopic (exact) mass is 394 g/mol. The lowest BCUT2D eigenvalue weighted by Gasteiger charge is -2.27. The number of halogens is 2. The zero-order valence-corrected chi connectivity index (χ0v) is 16.1. The fraction of sp³-hybridized carbons (Fsp3) is 0.526. The lowest BCUT2D eigenvalue weighted by atomic mass is 10.1. The largest absolute Gasteiger partial charge is 0.339 e. The number of aromatic nitrogens is 2. The molecule has 0 aliphatic carbocycles. The standard InChI is InChI=1S/C19H23FN4O2.ClH/c1-12-2-3-13(10-16(12)20)19-22-17(26-23-19)6-7-18(25)24-14-4-5-15(24)11-21-9-8-14;/h2-3,10,14-15,21H,4-9,11H2,1H3;1H. The van der Waals surface area contributed by atoms with Gasteiger partial charge in [-0.3, -0.25) is 4.79 Å². The van der Waals surface area contributed by atoms with Gasteiger partial charge in [0.05, 0.1) is 0 Å². The average Bonchev–Trinajstić information content (AvgIpc) is 3.19. The van der Waals surface area contributed by atoms with Gasteiger partial charge in [0.25, 0.3) is 0 Å². The van der Waals surface area contributed by atoms with E-state index in [0.717, 1.165) is 32.4 Å². The first-order valence-electron chi connectivity index (χ1n) is 9.23. The Morgan fingerprint density at radius 2 is 2.15 bits per heavy atom. The number of hydrogen-bond donors (Lipinski definition) is 1. The second kappa shape index (κ2) is 8.35. The summed E-state index contributed by atoms with van der Waals surface area (Å²) in [4.78, 5) is 19.1. The minimum absolute atomic E-state index is 0. The summed E-state index contributed by atoms with van der Waals surface area (Å²) < 4.78 is 19.0. The molecule has 6 nitrogen and oxygen atoms in total. The normalized spacial score (nSPS) is 21.6. The first-order chi connectivity index (χ1) is 12.6. The number of nitrogens with zero attached hydrogens (tertiary/aromatic N) is 3. The summed E-state index contributed by atoms with van der Waals surface area (Å²) in [5, 5.41) is 7.32. The van der Waals surface area contributed by atoms with Crippen LogP contribution in [-0.2, 0) is 11.2 Å². The van der Waals surface area contributed by atoms with E-state index in [4.69, 9.17) is 4.52 Å². The third kappa shape index (κ3) is 4.14. The molecule has 8 heteroatoms. The Bertz CT molecular complexity index is 799. The van der Waals surface area contributed by atoms with Crippen LogP contribution in [0.1, 0.15) is 37.1 Å². The van der Waals surface area contributed by atoms with Gasteiger partial charge in [-0.15, -0.1) is 12.4 Å². The van der Waals surface area contributed by atoms with E-state index in [-0.39, 0.29) is 24.1 Å². The van der Waals surface area contributed by atoms with Crippen molar-refractivity contribution >= 4 is 18.3 Å². The zero-order valence-electron chi connectivity index (χ0n) is 15.3. The van der Waals surface area contributed by atoms with Gasteiger partial charge in [0.1, 0.15) is 5.82 Å². The molecule has 0 spiro atoms. The molecule has 4 rings (SSSR count). The van der Waals surface area contributed by atoms with Crippen LogP contribution >= 0.6 is 12.4 Å². The van der Waals surface area contributed by atoms with E-state index in [0.29, 0.717) is 47.8 Å². The summed E-state index contributed by atoms with van der Waals surface area (Å²) in [6, 6.07) is 5.52. The van der Waals surface area contributed by atoms with Crippen LogP contribution in [-0.4, -0.2) is 46.1 Å². The van der Waals surface area contributed by atoms with Crippen molar-refractivity contribution in [3.05, 3.63) is 35.5 Å². The molecule has 2 fully saturated rings. The molecule has 1 amide bonds. The minimum atomic E-state index is -0.297. The molecule has 1 aromatic carbocycles. The Morgan fingerprint density at radius 3 is 2.96 bits per heavy atom. The molecule has 2 atom stereocenters. The topological polar surface area (TPSA) is 71.3 Å². The highest BCUT2D eigenvalue weighted by Gasteiger charge is 2.37. The van der Waals surface area contributed by atoms with E-state index in [9.17, 15) is 9.18 Å². The minimum Gasteiger partial charge on any atom is -0.339 e. The number of rotatable bonds is 4. The zero-order chi connectivity index (χ0) is 18.1. The number of carbonyl (C=O) groups is 1. The van der Waals surface area contributed by atoms with E-state index < -0.39 is 0 Å². The van der Waals surface area contributed by atoms with Gasteiger partial charge in [0.2, 0.25) is 17.6 Å². The van der Waals surface area contributed by atoms with Crippen LogP contribution in [0.3, 0.4) is 0 Å². The molecule has 0 saturated carbocycles. The molecule has 1 N–H and O–H groups in total. The SMILES string of the molecule is Cc1ccc(-c2noc(CCC(=O)N3C4CCNCC3CC4)n2)cc1F.Cl. The molecule has 2 saturated heterocycles. The van der Waals surface area contributed by atoms with Gasteiger partial charge in [-0.1, -0.05) is 17.3 Å².